The minimum atomic E-state index is -0.420. The average molecular weight is 418 g/mol. The number of thiazole rings is 1. The van der Waals surface area contributed by atoms with Crippen LogP contribution in [0.15, 0.2) is 39.2 Å². The van der Waals surface area contributed by atoms with Crippen LogP contribution in [-0.2, 0) is 18.7 Å². The van der Waals surface area contributed by atoms with Gasteiger partial charge in [0.05, 0.1) is 5.69 Å². The molecule has 9 heteroatoms. The molecular formula is C19H23N5O2S2. The normalized spacial score (nSPS) is 10.9. The lowest BCUT2D eigenvalue weighted by Gasteiger charge is -2.11. The molecule has 2 aromatic heterocycles. The predicted molar refractivity (Wildman–Crippen MR) is 118 cm³/mol. The number of nitrogens with zero attached hydrogens (tertiary/aromatic N) is 2. The maximum Gasteiger partial charge on any atom is 0.329 e. The number of benzene rings is 1. The molecule has 0 saturated heterocycles. The van der Waals surface area contributed by atoms with Gasteiger partial charge in [0.15, 0.2) is 5.13 Å². The van der Waals surface area contributed by atoms with Crippen LogP contribution < -0.4 is 22.3 Å². The van der Waals surface area contributed by atoms with Crippen LogP contribution in [0.1, 0.15) is 23.7 Å². The lowest BCUT2D eigenvalue weighted by atomic mass is 10.1. The lowest BCUT2D eigenvalue weighted by molar-refractivity contribution is 0.681. The second kappa shape index (κ2) is 9.11. The number of nitrogens with one attached hydrogen (secondary N) is 2. The van der Waals surface area contributed by atoms with E-state index >= 15 is 0 Å². The second-order valence-electron chi connectivity index (χ2n) is 6.33. The van der Waals surface area contributed by atoms with Crippen molar-refractivity contribution in [1.82, 2.24) is 14.5 Å². The SMILES string of the molecule is CCc1cc(Nc2cc(=O)n(CCSCc3csc(N)n3)c(=O)[nH]2)ccc1C. The predicted octanol–water partition coefficient (Wildman–Crippen LogP) is 3.12. The minimum Gasteiger partial charge on any atom is -0.375 e. The van der Waals surface area contributed by atoms with Crippen LogP contribution in [0.5, 0.6) is 0 Å². The first kappa shape index (κ1) is 20.2. The van der Waals surface area contributed by atoms with E-state index in [9.17, 15) is 9.59 Å². The fourth-order valence-corrected chi connectivity index (χ4v) is 4.29. The number of H-pyrrole nitrogens is 1. The van der Waals surface area contributed by atoms with Gasteiger partial charge in [-0.25, -0.2) is 9.78 Å². The van der Waals surface area contributed by atoms with E-state index in [2.05, 4.69) is 29.1 Å². The van der Waals surface area contributed by atoms with E-state index in [0.29, 0.717) is 29.0 Å². The van der Waals surface area contributed by atoms with Crippen molar-refractivity contribution in [2.75, 3.05) is 16.8 Å². The zero-order valence-corrected chi connectivity index (χ0v) is 17.5. The number of aromatic nitrogens is 3. The Morgan fingerprint density at radius 1 is 1.32 bits per heavy atom. The lowest BCUT2D eigenvalue weighted by Crippen LogP contribution is -2.35. The molecule has 0 amide bonds. The van der Waals surface area contributed by atoms with E-state index in [4.69, 9.17) is 5.73 Å². The van der Waals surface area contributed by atoms with E-state index in [-0.39, 0.29) is 5.56 Å². The number of nitrogen functional groups attached to an aromatic ring is 1. The summed E-state index contributed by atoms with van der Waals surface area (Å²) >= 11 is 3.01. The number of nitrogens with two attached hydrogens (primary N) is 1. The van der Waals surface area contributed by atoms with Crippen LogP contribution in [-0.4, -0.2) is 20.3 Å². The first-order chi connectivity index (χ1) is 13.5. The van der Waals surface area contributed by atoms with Gasteiger partial charge in [-0.3, -0.25) is 14.3 Å². The van der Waals surface area contributed by atoms with Crippen molar-refractivity contribution in [3.63, 3.8) is 0 Å². The Labute approximate surface area is 171 Å². The molecule has 3 rings (SSSR count). The number of anilines is 3. The third-order valence-electron chi connectivity index (χ3n) is 4.31. The van der Waals surface area contributed by atoms with Gasteiger partial charge in [-0.05, 0) is 36.6 Å². The quantitative estimate of drug-likeness (QED) is 0.486. The molecule has 3 aromatic rings. The van der Waals surface area contributed by atoms with Crippen molar-refractivity contribution in [3.8, 4) is 0 Å². The summed E-state index contributed by atoms with van der Waals surface area (Å²) in [6.45, 7) is 4.49. The van der Waals surface area contributed by atoms with Crippen molar-refractivity contribution in [2.45, 2.75) is 32.6 Å². The summed E-state index contributed by atoms with van der Waals surface area (Å²) in [7, 11) is 0. The number of thioether (sulfide) groups is 1. The van der Waals surface area contributed by atoms with Crippen molar-refractivity contribution in [3.05, 3.63) is 67.3 Å². The molecular weight excluding hydrogens is 394 g/mol. The molecule has 0 spiro atoms. The van der Waals surface area contributed by atoms with Gasteiger partial charge >= 0.3 is 5.69 Å². The van der Waals surface area contributed by atoms with Gasteiger partial charge in [0.2, 0.25) is 0 Å². The maximum atomic E-state index is 12.4. The third-order valence-corrected chi connectivity index (χ3v) is 6.00. The van der Waals surface area contributed by atoms with E-state index in [0.717, 1.165) is 17.8 Å². The molecule has 0 atom stereocenters. The molecule has 0 bridgehead atoms. The molecule has 0 aliphatic carbocycles. The summed E-state index contributed by atoms with van der Waals surface area (Å²) in [5.74, 6) is 1.72. The Morgan fingerprint density at radius 3 is 2.82 bits per heavy atom. The molecule has 7 nitrogen and oxygen atoms in total. The summed E-state index contributed by atoms with van der Waals surface area (Å²) in [6.07, 6.45) is 0.921. The maximum absolute atomic E-state index is 12.4. The molecule has 0 aliphatic heterocycles. The van der Waals surface area contributed by atoms with Gasteiger partial charge in [-0.1, -0.05) is 13.0 Å². The van der Waals surface area contributed by atoms with Crippen LogP contribution in [0.4, 0.5) is 16.6 Å². The molecule has 0 aliphatic rings. The summed E-state index contributed by atoms with van der Waals surface area (Å²) < 4.78 is 1.21. The number of rotatable bonds is 8. The molecule has 148 valence electrons. The Hall–Kier alpha value is -2.52. The molecule has 4 N–H and O–H groups in total. The van der Waals surface area contributed by atoms with Gasteiger partial charge in [-0.15, -0.1) is 11.3 Å². The Bertz CT molecular complexity index is 1040. The van der Waals surface area contributed by atoms with Crippen molar-refractivity contribution in [2.24, 2.45) is 0 Å². The standard InChI is InChI=1S/C19H23N5O2S2/c1-3-13-8-14(5-4-12(13)2)21-16-9-17(25)24(19(26)23-16)6-7-27-10-15-11-28-18(20)22-15/h4-5,8-9,11,21H,3,6-7,10H2,1-2H3,(H2,20,22)(H,23,26). The topological polar surface area (TPSA) is 106 Å². The monoisotopic (exact) mass is 417 g/mol. The van der Waals surface area contributed by atoms with Crippen LogP contribution >= 0.6 is 23.1 Å². The van der Waals surface area contributed by atoms with Gasteiger partial charge in [0.25, 0.3) is 5.56 Å². The van der Waals surface area contributed by atoms with Crippen LogP contribution in [0, 0.1) is 6.92 Å². The molecule has 0 unspecified atom stereocenters. The van der Waals surface area contributed by atoms with Gasteiger partial charge in [0.1, 0.15) is 5.82 Å². The van der Waals surface area contributed by atoms with Gasteiger partial charge in [0, 0.05) is 35.2 Å². The second-order valence-corrected chi connectivity index (χ2v) is 8.32. The molecule has 0 fully saturated rings. The summed E-state index contributed by atoms with van der Waals surface area (Å²) in [6, 6.07) is 7.40. The minimum absolute atomic E-state index is 0.326. The molecule has 28 heavy (non-hydrogen) atoms. The third kappa shape index (κ3) is 5.05. The molecule has 0 radical (unpaired) electrons. The van der Waals surface area contributed by atoms with Crippen molar-refractivity contribution in [1.29, 1.82) is 0 Å². The summed E-state index contributed by atoms with van der Waals surface area (Å²) in [5, 5.41) is 5.57. The summed E-state index contributed by atoms with van der Waals surface area (Å²) in [5.41, 5.74) is 9.06. The number of aryl methyl sites for hydroxylation is 2. The highest BCUT2D eigenvalue weighted by atomic mass is 32.2. The zero-order chi connectivity index (χ0) is 20.1. The molecule has 0 saturated carbocycles. The number of hydrogen-bond acceptors (Lipinski definition) is 7. The van der Waals surface area contributed by atoms with Crippen molar-refractivity contribution >= 4 is 39.7 Å². The summed E-state index contributed by atoms with van der Waals surface area (Å²) in [4.78, 5) is 31.6. The van der Waals surface area contributed by atoms with Gasteiger partial charge in [-0.2, -0.15) is 11.8 Å². The number of aromatic amines is 1. The van der Waals surface area contributed by atoms with E-state index in [1.807, 2.05) is 23.6 Å². The Morgan fingerprint density at radius 2 is 2.14 bits per heavy atom. The average Bonchev–Trinajstić information content (AvgIpc) is 3.07. The Kier molecular flexibility index (Phi) is 6.58. The fraction of sp³-hybridized carbons (Fsp3) is 0.316. The van der Waals surface area contributed by atoms with Crippen LogP contribution in [0.3, 0.4) is 0 Å². The van der Waals surface area contributed by atoms with Gasteiger partial charge < -0.3 is 11.1 Å². The van der Waals surface area contributed by atoms with Crippen molar-refractivity contribution < 1.29 is 0 Å². The van der Waals surface area contributed by atoms with E-state index in [1.165, 1.54) is 33.1 Å². The van der Waals surface area contributed by atoms with E-state index < -0.39 is 5.69 Å². The van der Waals surface area contributed by atoms with E-state index in [1.54, 1.807) is 11.8 Å². The first-order valence-corrected chi connectivity index (χ1v) is 11.0. The van der Waals surface area contributed by atoms with Crippen LogP contribution in [0.25, 0.3) is 0 Å². The molecule has 2 heterocycles. The number of hydrogen-bond donors (Lipinski definition) is 3. The Balaban J connectivity index is 1.64. The molecule has 1 aromatic carbocycles. The highest BCUT2D eigenvalue weighted by molar-refractivity contribution is 7.98. The van der Waals surface area contributed by atoms with Crippen LogP contribution in [0.2, 0.25) is 0 Å². The smallest absolute Gasteiger partial charge is 0.329 e. The fourth-order valence-electron chi connectivity index (χ4n) is 2.81. The highest BCUT2D eigenvalue weighted by Gasteiger charge is 2.07. The zero-order valence-electron chi connectivity index (χ0n) is 15.8. The highest BCUT2D eigenvalue weighted by Crippen LogP contribution is 2.19. The largest absolute Gasteiger partial charge is 0.375 e. The first-order valence-electron chi connectivity index (χ1n) is 8.94.